The standard InChI is InChI=1S/C16H20ClFO2S/c17-14-12(2-1-3-13(14)18)15(19)11-4-7-20-16(10-11)5-8-21-9-6-16/h1-3,11,15,19H,4-10H2. The summed E-state index contributed by atoms with van der Waals surface area (Å²) in [5.74, 6) is 1.85. The minimum absolute atomic E-state index is 0.0461. The Kier molecular flexibility index (Phi) is 4.79. The van der Waals surface area contributed by atoms with Crippen molar-refractivity contribution in [2.75, 3.05) is 18.1 Å². The Labute approximate surface area is 134 Å². The summed E-state index contributed by atoms with van der Waals surface area (Å²) in [6.45, 7) is 0.666. The quantitative estimate of drug-likeness (QED) is 0.881. The summed E-state index contributed by atoms with van der Waals surface area (Å²) >= 11 is 7.97. The van der Waals surface area contributed by atoms with Crippen LogP contribution in [0.2, 0.25) is 5.02 Å². The van der Waals surface area contributed by atoms with Gasteiger partial charge in [-0.1, -0.05) is 23.7 Å². The number of hydrogen-bond acceptors (Lipinski definition) is 3. The third-order valence-electron chi connectivity index (χ3n) is 4.68. The first-order valence-corrected chi connectivity index (χ1v) is 8.98. The molecule has 2 atom stereocenters. The largest absolute Gasteiger partial charge is 0.388 e. The van der Waals surface area contributed by atoms with Gasteiger partial charge in [0.2, 0.25) is 0 Å². The first-order chi connectivity index (χ1) is 10.1. The monoisotopic (exact) mass is 330 g/mol. The molecule has 0 aromatic heterocycles. The highest BCUT2D eigenvalue weighted by atomic mass is 35.5. The van der Waals surface area contributed by atoms with E-state index in [2.05, 4.69) is 0 Å². The van der Waals surface area contributed by atoms with Crippen molar-refractivity contribution in [3.63, 3.8) is 0 Å². The van der Waals surface area contributed by atoms with E-state index in [1.54, 1.807) is 12.1 Å². The summed E-state index contributed by atoms with van der Waals surface area (Å²) in [6.07, 6.45) is 2.99. The Morgan fingerprint density at radius 3 is 2.90 bits per heavy atom. The molecule has 3 rings (SSSR count). The van der Waals surface area contributed by atoms with E-state index in [4.69, 9.17) is 16.3 Å². The van der Waals surface area contributed by atoms with Crippen molar-refractivity contribution in [1.82, 2.24) is 0 Å². The van der Waals surface area contributed by atoms with E-state index in [0.717, 1.165) is 37.2 Å². The van der Waals surface area contributed by atoms with Crippen molar-refractivity contribution in [2.24, 2.45) is 5.92 Å². The van der Waals surface area contributed by atoms with Crippen LogP contribution in [0.3, 0.4) is 0 Å². The van der Waals surface area contributed by atoms with Crippen molar-refractivity contribution in [3.05, 3.63) is 34.6 Å². The second-order valence-corrected chi connectivity index (χ2v) is 7.59. The Morgan fingerprint density at radius 1 is 1.38 bits per heavy atom. The second-order valence-electron chi connectivity index (χ2n) is 5.98. The highest BCUT2D eigenvalue weighted by Gasteiger charge is 2.41. The minimum Gasteiger partial charge on any atom is -0.388 e. The number of ether oxygens (including phenoxy) is 1. The van der Waals surface area contributed by atoms with Crippen LogP contribution < -0.4 is 0 Å². The van der Waals surface area contributed by atoms with Gasteiger partial charge in [-0.2, -0.15) is 11.8 Å². The lowest BCUT2D eigenvalue weighted by Crippen LogP contribution is -2.44. The number of hydrogen-bond donors (Lipinski definition) is 1. The van der Waals surface area contributed by atoms with Crippen LogP contribution in [0, 0.1) is 11.7 Å². The van der Waals surface area contributed by atoms with Crippen LogP contribution in [0.4, 0.5) is 4.39 Å². The molecule has 116 valence electrons. The van der Waals surface area contributed by atoms with Crippen molar-refractivity contribution >= 4 is 23.4 Å². The van der Waals surface area contributed by atoms with Crippen LogP contribution in [-0.2, 0) is 4.74 Å². The summed E-state index contributed by atoms with van der Waals surface area (Å²) in [5.41, 5.74) is 0.415. The van der Waals surface area contributed by atoms with E-state index >= 15 is 0 Å². The van der Waals surface area contributed by atoms with Gasteiger partial charge in [-0.05, 0) is 49.2 Å². The summed E-state index contributed by atoms with van der Waals surface area (Å²) in [7, 11) is 0. The fraction of sp³-hybridized carbons (Fsp3) is 0.625. The number of benzene rings is 1. The van der Waals surface area contributed by atoms with E-state index in [-0.39, 0.29) is 16.5 Å². The molecule has 0 amide bonds. The van der Waals surface area contributed by atoms with E-state index in [0.29, 0.717) is 12.2 Å². The molecule has 0 saturated carbocycles. The zero-order valence-electron chi connectivity index (χ0n) is 11.9. The molecule has 0 aliphatic carbocycles. The van der Waals surface area contributed by atoms with Crippen LogP contribution in [0.1, 0.15) is 37.4 Å². The van der Waals surface area contributed by atoms with E-state index in [1.807, 2.05) is 11.8 Å². The SMILES string of the molecule is OC(c1cccc(F)c1Cl)C1CCOC2(CCSCC2)C1. The summed E-state index contributed by atoms with van der Waals surface area (Å²) in [4.78, 5) is 0. The Morgan fingerprint density at radius 2 is 2.14 bits per heavy atom. The molecule has 1 spiro atoms. The third-order valence-corrected chi connectivity index (χ3v) is 6.07. The van der Waals surface area contributed by atoms with Gasteiger partial charge in [-0.15, -0.1) is 0 Å². The average Bonchev–Trinajstić information content (AvgIpc) is 2.50. The smallest absolute Gasteiger partial charge is 0.142 e. The van der Waals surface area contributed by atoms with Gasteiger partial charge in [0.05, 0.1) is 16.7 Å². The highest BCUT2D eigenvalue weighted by Crippen LogP contribution is 2.44. The third kappa shape index (κ3) is 3.24. The molecule has 0 bridgehead atoms. The van der Waals surface area contributed by atoms with E-state index in [9.17, 15) is 9.50 Å². The fourth-order valence-electron chi connectivity index (χ4n) is 3.43. The summed E-state index contributed by atoms with van der Waals surface area (Å²) in [5, 5.41) is 10.7. The van der Waals surface area contributed by atoms with Crippen molar-refractivity contribution < 1.29 is 14.2 Å². The number of aliphatic hydroxyl groups is 1. The molecule has 1 aromatic rings. The van der Waals surface area contributed by atoms with Gasteiger partial charge < -0.3 is 9.84 Å². The van der Waals surface area contributed by atoms with E-state index in [1.165, 1.54) is 6.07 Å². The van der Waals surface area contributed by atoms with Crippen molar-refractivity contribution in [1.29, 1.82) is 0 Å². The molecule has 1 N–H and O–H groups in total. The zero-order chi connectivity index (χ0) is 14.9. The van der Waals surface area contributed by atoms with Crippen LogP contribution >= 0.6 is 23.4 Å². The van der Waals surface area contributed by atoms with Gasteiger partial charge in [0, 0.05) is 12.2 Å². The van der Waals surface area contributed by atoms with Gasteiger partial charge in [0.15, 0.2) is 0 Å². The lowest BCUT2D eigenvalue weighted by molar-refractivity contribution is -0.121. The molecule has 2 heterocycles. The molecule has 2 unspecified atom stereocenters. The predicted octanol–water partition coefficient (Wildman–Crippen LogP) is 4.20. The second kappa shape index (κ2) is 6.45. The minimum atomic E-state index is -0.719. The number of rotatable bonds is 2. The molecule has 2 nitrogen and oxygen atoms in total. The average molecular weight is 331 g/mol. The van der Waals surface area contributed by atoms with Crippen molar-refractivity contribution in [2.45, 2.75) is 37.4 Å². The number of aliphatic hydroxyl groups excluding tert-OH is 1. The first kappa shape index (κ1) is 15.6. The molecular formula is C16H20ClFO2S. The topological polar surface area (TPSA) is 29.5 Å². The maximum absolute atomic E-state index is 13.6. The fourth-order valence-corrected chi connectivity index (χ4v) is 4.90. The molecule has 1 aromatic carbocycles. The summed E-state index contributed by atoms with van der Waals surface area (Å²) < 4.78 is 19.6. The predicted molar refractivity (Wildman–Crippen MR) is 84.3 cm³/mol. The van der Waals surface area contributed by atoms with Gasteiger partial charge in [0.1, 0.15) is 5.82 Å². The lowest BCUT2D eigenvalue weighted by atomic mass is 9.78. The van der Waals surface area contributed by atoms with Gasteiger partial charge in [-0.25, -0.2) is 4.39 Å². The van der Waals surface area contributed by atoms with Gasteiger partial charge in [0.25, 0.3) is 0 Å². The highest BCUT2D eigenvalue weighted by molar-refractivity contribution is 7.99. The number of halogens is 2. The number of thioether (sulfide) groups is 1. The molecular weight excluding hydrogens is 311 g/mol. The molecule has 2 saturated heterocycles. The molecule has 2 aliphatic heterocycles. The van der Waals surface area contributed by atoms with Crippen LogP contribution in [0.5, 0.6) is 0 Å². The molecule has 2 aliphatic rings. The summed E-state index contributed by atoms with van der Waals surface area (Å²) in [6, 6.07) is 4.64. The lowest BCUT2D eigenvalue weighted by Gasteiger charge is -2.44. The van der Waals surface area contributed by atoms with Crippen LogP contribution in [0.25, 0.3) is 0 Å². The molecule has 2 fully saturated rings. The van der Waals surface area contributed by atoms with Crippen LogP contribution in [0.15, 0.2) is 18.2 Å². The van der Waals surface area contributed by atoms with Gasteiger partial charge in [-0.3, -0.25) is 0 Å². The normalized spacial score (nSPS) is 26.7. The molecule has 0 radical (unpaired) electrons. The zero-order valence-corrected chi connectivity index (χ0v) is 13.4. The Balaban J connectivity index is 1.78. The van der Waals surface area contributed by atoms with Crippen molar-refractivity contribution in [3.8, 4) is 0 Å². The van der Waals surface area contributed by atoms with Crippen LogP contribution in [-0.4, -0.2) is 28.8 Å². The first-order valence-electron chi connectivity index (χ1n) is 7.45. The van der Waals surface area contributed by atoms with Gasteiger partial charge >= 0.3 is 0 Å². The molecule has 21 heavy (non-hydrogen) atoms. The maximum Gasteiger partial charge on any atom is 0.142 e. The maximum atomic E-state index is 13.6. The Bertz CT molecular complexity index is 500. The Hall–Kier alpha value is -0.290. The van der Waals surface area contributed by atoms with E-state index < -0.39 is 11.9 Å². The molecule has 5 heteroatoms.